The summed E-state index contributed by atoms with van der Waals surface area (Å²) in [5.41, 5.74) is 7.81. The van der Waals surface area contributed by atoms with Crippen LogP contribution < -0.4 is 4.72 Å². The monoisotopic (exact) mass is 633 g/mol. The van der Waals surface area contributed by atoms with Crippen LogP contribution >= 0.6 is 22.7 Å². The van der Waals surface area contributed by atoms with Crippen LogP contribution in [0.4, 0.5) is 5.82 Å². The lowest BCUT2D eigenvalue weighted by atomic mass is 9.99. The summed E-state index contributed by atoms with van der Waals surface area (Å²) < 4.78 is 42.8. The molecule has 0 spiro atoms. The third-order valence-corrected chi connectivity index (χ3v) is 11.1. The lowest BCUT2D eigenvalue weighted by molar-refractivity contribution is 0.185. The first-order valence-corrected chi connectivity index (χ1v) is 16.8. The lowest BCUT2D eigenvalue weighted by Crippen LogP contribution is -2.13. The van der Waals surface area contributed by atoms with E-state index in [9.17, 15) is 8.42 Å². The lowest BCUT2D eigenvalue weighted by Gasteiger charge is -2.14. The molecule has 0 unspecified atom stereocenters. The van der Waals surface area contributed by atoms with Crippen LogP contribution in [0.2, 0.25) is 0 Å². The molecule has 0 bridgehead atoms. The van der Waals surface area contributed by atoms with Gasteiger partial charge in [-0.25, -0.2) is 8.42 Å². The molecule has 0 radical (unpaired) electrons. The standard InChI is InChI=1S/C31H31N5O4S3/c1-17-12-26-28(20(4)32-17)29(27-8-7-11-41-27)33-36(26)15-22-9-10-24(23(14-22)16-39-6)25-13-18(2)42-31(25)43(37,38)35-30-19(3)21(5)40-34-30/h7-14H,15-16H2,1-6H3,(H,34,35). The van der Waals surface area contributed by atoms with E-state index in [4.69, 9.17) is 19.3 Å². The zero-order valence-electron chi connectivity index (χ0n) is 24.7. The fraction of sp³-hybridized carbons (Fsp3) is 0.258. The molecule has 0 aliphatic heterocycles. The Morgan fingerprint density at radius 3 is 2.56 bits per heavy atom. The highest BCUT2D eigenvalue weighted by molar-refractivity contribution is 7.94. The Hall–Kier alpha value is -3.84. The number of nitrogens with one attached hydrogen (secondary N) is 1. The smallest absolute Gasteiger partial charge is 0.273 e. The van der Waals surface area contributed by atoms with Crippen molar-refractivity contribution in [3.8, 4) is 21.7 Å². The quantitative estimate of drug-likeness (QED) is 0.176. The second-order valence-corrected chi connectivity index (χ2v) is 14.6. The number of benzene rings is 1. The average Bonchev–Trinajstić information content (AvgIpc) is 3.74. The average molecular weight is 634 g/mol. The van der Waals surface area contributed by atoms with E-state index in [-0.39, 0.29) is 10.0 Å². The molecule has 0 atom stereocenters. The molecule has 6 rings (SSSR count). The van der Waals surface area contributed by atoms with Gasteiger partial charge in [-0.15, -0.1) is 22.7 Å². The summed E-state index contributed by atoms with van der Waals surface area (Å²) in [5.74, 6) is 0.753. The van der Waals surface area contributed by atoms with Gasteiger partial charge < -0.3 is 9.26 Å². The van der Waals surface area contributed by atoms with E-state index in [2.05, 4.69) is 33.5 Å². The Kier molecular flexibility index (Phi) is 7.71. The third kappa shape index (κ3) is 5.51. The van der Waals surface area contributed by atoms with Crippen LogP contribution in [-0.2, 0) is 27.9 Å². The van der Waals surface area contributed by atoms with Crippen LogP contribution in [-0.4, -0.2) is 35.4 Å². The fourth-order valence-corrected chi connectivity index (χ4v) is 8.68. The molecule has 5 heterocycles. The van der Waals surface area contributed by atoms with Gasteiger partial charge in [0.1, 0.15) is 15.7 Å². The zero-order chi connectivity index (χ0) is 30.5. The molecule has 0 saturated carbocycles. The fourth-order valence-electron chi connectivity index (χ4n) is 5.26. The van der Waals surface area contributed by atoms with Gasteiger partial charge >= 0.3 is 0 Å². The van der Waals surface area contributed by atoms with Gasteiger partial charge in [0.25, 0.3) is 10.0 Å². The number of rotatable bonds is 9. The van der Waals surface area contributed by atoms with Gasteiger partial charge in [0, 0.05) is 34.5 Å². The molecule has 9 nitrogen and oxygen atoms in total. The normalized spacial score (nSPS) is 12.0. The van der Waals surface area contributed by atoms with Gasteiger partial charge in [-0.2, -0.15) is 5.10 Å². The largest absolute Gasteiger partial charge is 0.380 e. The van der Waals surface area contributed by atoms with E-state index < -0.39 is 10.0 Å². The number of pyridine rings is 1. The number of ether oxygens (including phenoxy) is 1. The summed E-state index contributed by atoms with van der Waals surface area (Å²) in [6, 6.07) is 14.2. The van der Waals surface area contributed by atoms with Crippen molar-refractivity contribution in [2.24, 2.45) is 0 Å². The van der Waals surface area contributed by atoms with Crippen molar-refractivity contribution in [1.82, 2.24) is 19.9 Å². The van der Waals surface area contributed by atoms with Crippen LogP contribution in [0.5, 0.6) is 0 Å². The number of hydrogen-bond donors (Lipinski definition) is 1. The molecular weight excluding hydrogens is 603 g/mol. The number of hydrogen-bond acceptors (Lipinski definition) is 9. The van der Waals surface area contributed by atoms with Crippen LogP contribution in [0.25, 0.3) is 32.6 Å². The molecule has 0 aliphatic carbocycles. The van der Waals surface area contributed by atoms with Crippen LogP contribution in [0.15, 0.2) is 56.6 Å². The van der Waals surface area contributed by atoms with Gasteiger partial charge in [-0.05, 0) is 74.9 Å². The number of methoxy groups -OCH3 is 1. The van der Waals surface area contributed by atoms with Gasteiger partial charge in [-0.1, -0.05) is 29.4 Å². The summed E-state index contributed by atoms with van der Waals surface area (Å²) in [6.07, 6.45) is 0. The molecule has 0 aliphatic rings. The Labute approximate surface area is 258 Å². The first-order valence-electron chi connectivity index (χ1n) is 13.6. The van der Waals surface area contributed by atoms with Crippen LogP contribution in [0.3, 0.4) is 0 Å². The predicted octanol–water partition coefficient (Wildman–Crippen LogP) is 7.41. The summed E-state index contributed by atoms with van der Waals surface area (Å²) in [4.78, 5) is 6.68. The molecule has 1 aromatic carbocycles. The number of thiophene rings is 2. The van der Waals surface area contributed by atoms with Gasteiger partial charge in [0.15, 0.2) is 5.82 Å². The minimum Gasteiger partial charge on any atom is -0.380 e. The van der Waals surface area contributed by atoms with E-state index in [0.717, 1.165) is 54.4 Å². The number of nitrogens with zero attached hydrogens (tertiary/aromatic N) is 4. The highest BCUT2D eigenvalue weighted by atomic mass is 32.2. The molecule has 1 N–H and O–H groups in total. The number of aromatic nitrogens is 4. The molecule has 222 valence electrons. The SMILES string of the molecule is COCc1cc(Cn2nc(-c3cccs3)c3c(C)nc(C)cc32)ccc1-c1cc(C)sc1S(=O)(=O)Nc1noc(C)c1C. The zero-order valence-corrected chi connectivity index (χ0v) is 27.1. The molecule has 0 amide bonds. The minimum absolute atomic E-state index is 0.191. The highest BCUT2D eigenvalue weighted by Crippen LogP contribution is 2.39. The summed E-state index contributed by atoms with van der Waals surface area (Å²) >= 11 is 2.88. The van der Waals surface area contributed by atoms with Crippen molar-refractivity contribution in [2.45, 2.75) is 52.0 Å². The van der Waals surface area contributed by atoms with Crippen molar-refractivity contribution in [3.63, 3.8) is 0 Å². The maximum atomic E-state index is 13.6. The molecule has 43 heavy (non-hydrogen) atoms. The van der Waals surface area contributed by atoms with Crippen molar-refractivity contribution in [3.05, 3.63) is 86.6 Å². The number of aryl methyl sites for hydroxylation is 4. The summed E-state index contributed by atoms with van der Waals surface area (Å²) in [6.45, 7) is 10.3. The van der Waals surface area contributed by atoms with E-state index in [1.807, 2.05) is 49.7 Å². The van der Waals surface area contributed by atoms with Crippen molar-refractivity contribution in [1.29, 1.82) is 0 Å². The van der Waals surface area contributed by atoms with Gasteiger partial charge in [0.2, 0.25) is 0 Å². The maximum Gasteiger partial charge on any atom is 0.273 e. The number of anilines is 1. The number of fused-ring (bicyclic) bond motifs is 1. The third-order valence-electron chi connectivity index (χ3n) is 7.34. The molecule has 12 heteroatoms. The van der Waals surface area contributed by atoms with E-state index in [0.29, 0.717) is 30.0 Å². The summed E-state index contributed by atoms with van der Waals surface area (Å²) in [7, 11) is -2.30. The molecule has 5 aromatic heterocycles. The van der Waals surface area contributed by atoms with E-state index >= 15 is 0 Å². The van der Waals surface area contributed by atoms with Gasteiger partial charge in [0.05, 0.1) is 28.9 Å². The van der Waals surface area contributed by atoms with E-state index in [1.54, 1.807) is 32.3 Å². The topological polar surface area (TPSA) is 112 Å². The molecule has 6 aromatic rings. The minimum atomic E-state index is -3.94. The van der Waals surface area contributed by atoms with Crippen molar-refractivity contribution >= 4 is 49.4 Å². The molecule has 0 saturated heterocycles. The first kappa shape index (κ1) is 29.2. The van der Waals surface area contributed by atoms with Crippen molar-refractivity contribution < 1.29 is 17.7 Å². The van der Waals surface area contributed by atoms with Gasteiger partial charge in [-0.3, -0.25) is 14.4 Å². The Balaban J connectivity index is 1.40. The number of sulfonamides is 1. The molecular formula is C31H31N5O4S3. The Morgan fingerprint density at radius 1 is 1.05 bits per heavy atom. The Morgan fingerprint density at radius 2 is 1.86 bits per heavy atom. The van der Waals surface area contributed by atoms with Crippen LogP contribution in [0, 0.1) is 34.6 Å². The highest BCUT2D eigenvalue weighted by Gasteiger charge is 2.26. The summed E-state index contributed by atoms with van der Waals surface area (Å²) in [5, 5.41) is 12.0. The molecule has 0 fully saturated rings. The Bertz CT molecular complexity index is 2070. The van der Waals surface area contributed by atoms with Crippen LogP contribution in [0.1, 0.15) is 38.7 Å². The second kappa shape index (κ2) is 11.3. The maximum absolute atomic E-state index is 13.6. The van der Waals surface area contributed by atoms with Crippen molar-refractivity contribution in [2.75, 3.05) is 11.8 Å². The van der Waals surface area contributed by atoms with E-state index in [1.165, 1.54) is 11.3 Å². The second-order valence-electron chi connectivity index (χ2n) is 10.5. The first-order chi connectivity index (χ1) is 20.6. The predicted molar refractivity (Wildman–Crippen MR) is 171 cm³/mol.